The largest absolute Gasteiger partial charge is 0.317 e. The Kier molecular flexibility index (Phi) is 5.02. The number of sulfone groups is 1. The Balaban J connectivity index is 2.31. The number of rotatable bonds is 5. The van der Waals surface area contributed by atoms with Gasteiger partial charge in [-0.25, -0.2) is 8.42 Å². The lowest BCUT2D eigenvalue weighted by Gasteiger charge is -2.31. The van der Waals surface area contributed by atoms with Gasteiger partial charge in [-0.3, -0.25) is 0 Å². The predicted molar refractivity (Wildman–Crippen MR) is 62.8 cm³/mol. The Morgan fingerprint density at radius 3 is 2.47 bits per heavy atom. The van der Waals surface area contributed by atoms with Gasteiger partial charge in [0, 0.05) is 18.3 Å². The summed E-state index contributed by atoms with van der Waals surface area (Å²) in [5.41, 5.74) is 0. The van der Waals surface area contributed by atoms with Crippen molar-refractivity contribution in [1.29, 1.82) is 0 Å². The Morgan fingerprint density at radius 1 is 1.33 bits per heavy atom. The van der Waals surface area contributed by atoms with Crippen LogP contribution in [0.5, 0.6) is 0 Å². The van der Waals surface area contributed by atoms with Gasteiger partial charge in [0.1, 0.15) is 0 Å². The number of nitrogens with zero attached hydrogens (tertiary/aromatic N) is 1. The van der Waals surface area contributed by atoms with E-state index in [0.29, 0.717) is 18.3 Å². The molecule has 15 heavy (non-hydrogen) atoms. The summed E-state index contributed by atoms with van der Waals surface area (Å²) in [6.45, 7) is 4.48. The van der Waals surface area contributed by atoms with Crippen molar-refractivity contribution in [3.63, 3.8) is 0 Å². The van der Waals surface area contributed by atoms with E-state index >= 15 is 0 Å². The Hall–Kier alpha value is -0.130. The van der Waals surface area contributed by atoms with E-state index in [2.05, 4.69) is 10.2 Å². The highest BCUT2D eigenvalue weighted by molar-refractivity contribution is 7.91. The first-order valence-electron chi connectivity index (χ1n) is 5.66. The number of hydrogen-bond acceptors (Lipinski definition) is 4. The molecule has 0 bridgehead atoms. The summed E-state index contributed by atoms with van der Waals surface area (Å²) in [4.78, 5) is 2.19. The van der Waals surface area contributed by atoms with Gasteiger partial charge in [-0.15, -0.1) is 0 Å². The lowest BCUT2D eigenvalue weighted by atomic mass is 10.1. The van der Waals surface area contributed by atoms with E-state index < -0.39 is 9.84 Å². The summed E-state index contributed by atoms with van der Waals surface area (Å²) in [7, 11) is -0.782. The molecule has 0 amide bonds. The molecule has 0 atom stereocenters. The lowest BCUT2D eigenvalue weighted by molar-refractivity contribution is 0.209. The molecule has 1 heterocycles. The number of hydrogen-bond donors (Lipinski definition) is 1. The highest BCUT2D eigenvalue weighted by Gasteiger charge is 2.18. The minimum Gasteiger partial charge on any atom is -0.317 e. The minimum absolute atomic E-state index is 0.257. The van der Waals surface area contributed by atoms with Crippen molar-refractivity contribution in [2.45, 2.75) is 25.8 Å². The zero-order valence-electron chi connectivity index (χ0n) is 9.70. The summed E-state index contributed by atoms with van der Waals surface area (Å²) in [5, 5.41) is 3.31. The topological polar surface area (TPSA) is 49.4 Å². The second kappa shape index (κ2) is 5.82. The number of piperidine rings is 1. The first-order valence-corrected chi connectivity index (χ1v) is 7.48. The summed E-state index contributed by atoms with van der Waals surface area (Å²) >= 11 is 0. The number of nitrogens with one attached hydrogen (secondary N) is 1. The molecule has 1 aliphatic rings. The van der Waals surface area contributed by atoms with Gasteiger partial charge < -0.3 is 10.2 Å². The summed E-state index contributed by atoms with van der Waals surface area (Å²) in [6.07, 6.45) is 2.26. The van der Waals surface area contributed by atoms with E-state index in [4.69, 9.17) is 0 Å². The molecular formula is C10H22N2O2S. The van der Waals surface area contributed by atoms with Crippen molar-refractivity contribution in [1.82, 2.24) is 10.2 Å². The molecule has 0 unspecified atom stereocenters. The predicted octanol–water partition coefficient (Wildman–Crippen LogP) is 0.105. The van der Waals surface area contributed by atoms with E-state index in [1.165, 1.54) is 0 Å². The Labute approximate surface area is 93.0 Å². The molecule has 0 spiro atoms. The standard InChI is InChI=1S/C10H22N2O2S/c1-3-15(13,14)9-8-12(2)10-4-6-11-7-5-10/h10-11H,3-9H2,1-2H3. The van der Waals surface area contributed by atoms with Gasteiger partial charge in [-0.05, 0) is 33.0 Å². The normalized spacial score (nSPS) is 19.7. The van der Waals surface area contributed by atoms with Crippen LogP contribution in [0.1, 0.15) is 19.8 Å². The van der Waals surface area contributed by atoms with Gasteiger partial charge in [-0.2, -0.15) is 0 Å². The average Bonchev–Trinajstić information content (AvgIpc) is 2.27. The van der Waals surface area contributed by atoms with Crippen molar-refractivity contribution in [3.8, 4) is 0 Å². The van der Waals surface area contributed by atoms with E-state index in [9.17, 15) is 8.42 Å². The second-order valence-corrected chi connectivity index (χ2v) is 6.67. The molecule has 5 heteroatoms. The second-order valence-electron chi connectivity index (χ2n) is 4.20. The van der Waals surface area contributed by atoms with Crippen LogP contribution in [-0.4, -0.2) is 57.5 Å². The molecule has 0 aromatic rings. The first kappa shape index (κ1) is 12.9. The fourth-order valence-corrected chi connectivity index (χ4v) is 2.71. The van der Waals surface area contributed by atoms with Crippen LogP contribution in [0.25, 0.3) is 0 Å². The van der Waals surface area contributed by atoms with Crippen LogP contribution < -0.4 is 5.32 Å². The van der Waals surface area contributed by atoms with Crippen molar-refractivity contribution in [2.24, 2.45) is 0 Å². The molecule has 4 nitrogen and oxygen atoms in total. The Morgan fingerprint density at radius 2 is 1.93 bits per heavy atom. The van der Waals surface area contributed by atoms with Crippen molar-refractivity contribution >= 4 is 9.84 Å². The molecule has 0 saturated carbocycles. The smallest absolute Gasteiger partial charge is 0.151 e. The monoisotopic (exact) mass is 234 g/mol. The molecule has 0 aliphatic carbocycles. The third kappa shape index (κ3) is 4.49. The van der Waals surface area contributed by atoms with Crippen molar-refractivity contribution in [2.75, 3.05) is 38.2 Å². The quantitative estimate of drug-likeness (QED) is 0.733. The van der Waals surface area contributed by atoms with Crippen LogP contribution in [-0.2, 0) is 9.84 Å². The fourth-order valence-electron chi connectivity index (χ4n) is 1.86. The van der Waals surface area contributed by atoms with E-state index in [-0.39, 0.29) is 5.75 Å². The minimum atomic E-state index is -2.81. The molecular weight excluding hydrogens is 212 g/mol. The molecule has 1 N–H and O–H groups in total. The van der Waals surface area contributed by atoms with E-state index in [1.807, 2.05) is 7.05 Å². The summed E-state index contributed by atoms with van der Waals surface area (Å²) in [6, 6.07) is 0.554. The van der Waals surface area contributed by atoms with Crippen LogP contribution in [0.4, 0.5) is 0 Å². The molecule has 1 saturated heterocycles. The third-order valence-corrected chi connectivity index (χ3v) is 4.81. The molecule has 1 fully saturated rings. The van der Waals surface area contributed by atoms with Gasteiger partial charge >= 0.3 is 0 Å². The van der Waals surface area contributed by atoms with E-state index in [0.717, 1.165) is 25.9 Å². The summed E-state index contributed by atoms with van der Waals surface area (Å²) < 4.78 is 22.7. The SMILES string of the molecule is CCS(=O)(=O)CCN(C)C1CCNCC1. The van der Waals surface area contributed by atoms with Crippen LogP contribution >= 0.6 is 0 Å². The summed E-state index contributed by atoms with van der Waals surface area (Å²) in [5.74, 6) is 0.553. The van der Waals surface area contributed by atoms with Gasteiger partial charge in [0.05, 0.1) is 5.75 Å². The molecule has 0 radical (unpaired) electrons. The molecule has 0 aromatic carbocycles. The highest BCUT2D eigenvalue weighted by Crippen LogP contribution is 2.09. The van der Waals surface area contributed by atoms with Gasteiger partial charge in [0.2, 0.25) is 0 Å². The van der Waals surface area contributed by atoms with Crippen molar-refractivity contribution < 1.29 is 8.42 Å². The molecule has 1 rings (SSSR count). The zero-order valence-corrected chi connectivity index (χ0v) is 10.5. The fraction of sp³-hybridized carbons (Fsp3) is 1.00. The van der Waals surface area contributed by atoms with Crippen LogP contribution in [0.2, 0.25) is 0 Å². The molecule has 90 valence electrons. The van der Waals surface area contributed by atoms with Crippen LogP contribution in [0, 0.1) is 0 Å². The van der Waals surface area contributed by atoms with Crippen LogP contribution in [0.3, 0.4) is 0 Å². The highest BCUT2D eigenvalue weighted by atomic mass is 32.2. The first-order chi connectivity index (χ1) is 7.05. The van der Waals surface area contributed by atoms with Gasteiger partial charge in [0.25, 0.3) is 0 Å². The maximum absolute atomic E-state index is 11.3. The zero-order chi connectivity index (χ0) is 11.3. The lowest BCUT2D eigenvalue weighted by Crippen LogP contribution is -2.42. The Bertz CT molecular complexity index is 271. The maximum atomic E-state index is 11.3. The average molecular weight is 234 g/mol. The molecule has 0 aromatic heterocycles. The van der Waals surface area contributed by atoms with Crippen molar-refractivity contribution in [3.05, 3.63) is 0 Å². The van der Waals surface area contributed by atoms with Gasteiger partial charge in [0.15, 0.2) is 9.84 Å². The van der Waals surface area contributed by atoms with Gasteiger partial charge in [-0.1, -0.05) is 6.92 Å². The third-order valence-electron chi connectivity index (χ3n) is 3.13. The van der Waals surface area contributed by atoms with Crippen LogP contribution in [0.15, 0.2) is 0 Å². The molecule has 1 aliphatic heterocycles. The maximum Gasteiger partial charge on any atom is 0.151 e. The van der Waals surface area contributed by atoms with E-state index in [1.54, 1.807) is 6.92 Å².